The summed E-state index contributed by atoms with van der Waals surface area (Å²) in [6.07, 6.45) is 0. The predicted octanol–water partition coefficient (Wildman–Crippen LogP) is 3.23. The van der Waals surface area contributed by atoms with E-state index >= 15 is 0 Å². The van der Waals surface area contributed by atoms with Crippen molar-refractivity contribution in [3.8, 4) is 0 Å². The lowest BCUT2D eigenvalue weighted by molar-refractivity contribution is 0.0783. The molecule has 4 nitrogen and oxygen atoms in total. The second-order valence-corrected chi connectivity index (χ2v) is 6.45. The van der Waals surface area contributed by atoms with E-state index in [1.165, 1.54) is 0 Å². The van der Waals surface area contributed by atoms with E-state index in [9.17, 15) is 9.59 Å². The van der Waals surface area contributed by atoms with Crippen LogP contribution in [-0.2, 0) is 6.54 Å². The minimum absolute atomic E-state index is 0.00604. The lowest BCUT2D eigenvalue weighted by Crippen LogP contribution is -2.27. The SMILES string of the molecule is CNC(=O)c1ccc(CN(C)C(=O)c2cccc(C)c2I)cc1. The van der Waals surface area contributed by atoms with Crippen LogP contribution < -0.4 is 5.32 Å². The van der Waals surface area contributed by atoms with Crippen LogP contribution in [-0.4, -0.2) is 30.8 Å². The van der Waals surface area contributed by atoms with Gasteiger partial charge in [-0.25, -0.2) is 0 Å². The Kier molecular flexibility index (Phi) is 5.76. The van der Waals surface area contributed by atoms with Crippen molar-refractivity contribution >= 4 is 34.4 Å². The Morgan fingerprint density at radius 3 is 2.39 bits per heavy atom. The normalized spacial score (nSPS) is 10.3. The molecule has 2 amide bonds. The highest BCUT2D eigenvalue weighted by molar-refractivity contribution is 14.1. The minimum Gasteiger partial charge on any atom is -0.355 e. The van der Waals surface area contributed by atoms with Gasteiger partial charge in [0.1, 0.15) is 0 Å². The zero-order chi connectivity index (χ0) is 17.0. The molecular formula is C18H19IN2O2. The predicted molar refractivity (Wildman–Crippen MR) is 99.5 cm³/mol. The molecule has 0 saturated heterocycles. The van der Waals surface area contributed by atoms with Crippen LogP contribution in [0.4, 0.5) is 0 Å². The zero-order valence-electron chi connectivity index (χ0n) is 13.4. The fraction of sp³-hybridized carbons (Fsp3) is 0.222. The minimum atomic E-state index is -0.115. The molecule has 23 heavy (non-hydrogen) atoms. The second kappa shape index (κ2) is 7.59. The van der Waals surface area contributed by atoms with E-state index in [1.807, 2.05) is 37.3 Å². The highest BCUT2D eigenvalue weighted by atomic mass is 127. The molecule has 1 N–H and O–H groups in total. The third-order valence-corrected chi connectivity index (χ3v) is 5.06. The fourth-order valence-electron chi connectivity index (χ4n) is 2.27. The molecule has 0 unspecified atom stereocenters. The first-order chi connectivity index (χ1) is 10.9. The molecule has 2 aromatic carbocycles. The molecule has 0 atom stereocenters. The number of carbonyl (C=O) groups is 2. The van der Waals surface area contributed by atoms with Crippen molar-refractivity contribution in [3.05, 3.63) is 68.3 Å². The largest absolute Gasteiger partial charge is 0.355 e. The number of nitrogens with one attached hydrogen (secondary N) is 1. The van der Waals surface area contributed by atoms with Gasteiger partial charge in [0.2, 0.25) is 0 Å². The molecular weight excluding hydrogens is 403 g/mol. The summed E-state index contributed by atoms with van der Waals surface area (Å²) < 4.78 is 0.983. The molecule has 2 aromatic rings. The number of hydrogen-bond acceptors (Lipinski definition) is 2. The standard InChI is InChI=1S/C18H19IN2O2/c1-12-5-4-6-15(16(12)19)18(23)21(3)11-13-7-9-14(10-8-13)17(22)20-2/h4-10H,11H2,1-3H3,(H,20,22). The first-order valence-corrected chi connectivity index (χ1v) is 8.33. The molecule has 0 saturated carbocycles. The van der Waals surface area contributed by atoms with Crippen LogP contribution in [0, 0.1) is 10.5 Å². The first kappa shape index (κ1) is 17.5. The number of halogens is 1. The Labute approximate surface area is 150 Å². The monoisotopic (exact) mass is 422 g/mol. The molecule has 0 aliphatic heterocycles. The maximum atomic E-state index is 12.6. The smallest absolute Gasteiger partial charge is 0.254 e. The summed E-state index contributed by atoms with van der Waals surface area (Å²) in [6.45, 7) is 2.49. The van der Waals surface area contributed by atoms with Crippen LogP contribution in [0.25, 0.3) is 0 Å². The van der Waals surface area contributed by atoms with Gasteiger partial charge in [0.15, 0.2) is 0 Å². The van der Waals surface area contributed by atoms with Crippen LogP contribution in [0.2, 0.25) is 0 Å². The van der Waals surface area contributed by atoms with E-state index in [2.05, 4.69) is 27.9 Å². The Hall–Kier alpha value is -1.89. The molecule has 0 heterocycles. The molecule has 0 aliphatic rings. The van der Waals surface area contributed by atoms with Crippen molar-refractivity contribution in [1.82, 2.24) is 10.2 Å². The van der Waals surface area contributed by atoms with Crippen LogP contribution >= 0.6 is 22.6 Å². The average Bonchev–Trinajstić information content (AvgIpc) is 2.56. The molecule has 0 aromatic heterocycles. The Bertz CT molecular complexity index is 726. The highest BCUT2D eigenvalue weighted by Gasteiger charge is 2.16. The van der Waals surface area contributed by atoms with Gasteiger partial charge >= 0.3 is 0 Å². The Morgan fingerprint density at radius 2 is 1.78 bits per heavy atom. The van der Waals surface area contributed by atoms with Crippen molar-refractivity contribution in [2.75, 3.05) is 14.1 Å². The lowest BCUT2D eigenvalue weighted by Gasteiger charge is -2.19. The van der Waals surface area contributed by atoms with E-state index < -0.39 is 0 Å². The van der Waals surface area contributed by atoms with Crippen LogP contribution in [0.15, 0.2) is 42.5 Å². The van der Waals surface area contributed by atoms with Crippen LogP contribution in [0.3, 0.4) is 0 Å². The van der Waals surface area contributed by atoms with Gasteiger partial charge in [-0.2, -0.15) is 0 Å². The van der Waals surface area contributed by atoms with Gasteiger partial charge in [-0.05, 0) is 58.8 Å². The van der Waals surface area contributed by atoms with Gasteiger partial charge in [0, 0.05) is 29.8 Å². The van der Waals surface area contributed by atoms with E-state index in [4.69, 9.17) is 0 Å². The zero-order valence-corrected chi connectivity index (χ0v) is 15.5. The Morgan fingerprint density at radius 1 is 1.13 bits per heavy atom. The van der Waals surface area contributed by atoms with Crippen LogP contribution in [0.1, 0.15) is 31.8 Å². The van der Waals surface area contributed by atoms with Crippen molar-refractivity contribution < 1.29 is 9.59 Å². The second-order valence-electron chi connectivity index (χ2n) is 5.37. The summed E-state index contributed by atoms with van der Waals surface area (Å²) in [5.41, 5.74) is 3.41. The fourth-order valence-corrected chi connectivity index (χ4v) is 2.86. The summed E-state index contributed by atoms with van der Waals surface area (Å²) in [4.78, 5) is 25.8. The van der Waals surface area contributed by atoms with E-state index in [0.29, 0.717) is 12.1 Å². The van der Waals surface area contributed by atoms with Gasteiger partial charge in [-0.3, -0.25) is 9.59 Å². The molecule has 0 aliphatic carbocycles. The summed E-state index contributed by atoms with van der Waals surface area (Å²) in [5, 5.41) is 2.59. The first-order valence-electron chi connectivity index (χ1n) is 7.25. The quantitative estimate of drug-likeness (QED) is 0.770. The van der Waals surface area contributed by atoms with Crippen LogP contribution in [0.5, 0.6) is 0 Å². The van der Waals surface area contributed by atoms with Gasteiger partial charge in [-0.15, -0.1) is 0 Å². The highest BCUT2D eigenvalue weighted by Crippen LogP contribution is 2.19. The number of benzene rings is 2. The van der Waals surface area contributed by atoms with Gasteiger partial charge in [0.25, 0.3) is 11.8 Å². The van der Waals surface area contributed by atoms with Gasteiger partial charge in [-0.1, -0.05) is 24.3 Å². The topological polar surface area (TPSA) is 49.4 Å². The third kappa shape index (κ3) is 4.10. The molecule has 2 rings (SSSR count). The summed E-state index contributed by atoms with van der Waals surface area (Å²) in [6, 6.07) is 13.0. The van der Waals surface area contributed by atoms with Crippen molar-refractivity contribution in [2.45, 2.75) is 13.5 Å². The van der Waals surface area contributed by atoms with E-state index in [1.54, 1.807) is 31.1 Å². The third-order valence-electron chi connectivity index (χ3n) is 3.63. The molecule has 120 valence electrons. The maximum absolute atomic E-state index is 12.6. The molecule has 0 radical (unpaired) electrons. The Balaban J connectivity index is 2.12. The number of aryl methyl sites for hydroxylation is 1. The molecule has 5 heteroatoms. The van der Waals surface area contributed by atoms with Gasteiger partial charge in [0.05, 0.1) is 5.56 Å². The number of nitrogens with zero attached hydrogens (tertiary/aromatic N) is 1. The maximum Gasteiger partial charge on any atom is 0.254 e. The van der Waals surface area contributed by atoms with Crippen molar-refractivity contribution in [3.63, 3.8) is 0 Å². The molecule has 0 fully saturated rings. The number of hydrogen-bond donors (Lipinski definition) is 1. The van der Waals surface area contributed by atoms with Gasteiger partial charge < -0.3 is 10.2 Å². The van der Waals surface area contributed by atoms with E-state index in [-0.39, 0.29) is 11.8 Å². The molecule has 0 bridgehead atoms. The summed E-state index contributed by atoms with van der Waals surface area (Å²) in [7, 11) is 3.39. The number of rotatable bonds is 4. The molecule has 0 spiro atoms. The number of amides is 2. The van der Waals surface area contributed by atoms with E-state index in [0.717, 1.165) is 20.3 Å². The lowest BCUT2D eigenvalue weighted by atomic mass is 10.1. The number of carbonyl (C=O) groups excluding carboxylic acids is 2. The van der Waals surface area contributed by atoms with Crippen molar-refractivity contribution in [1.29, 1.82) is 0 Å². The summed E-state index contributed by atoms with van der Waals surface area (Å²) in [5.74, 6) is -0.122. The average molecular weight is 422 g/mol. The summed E-state index contributed by atoms with van der Waals surface area (Å²) >= 11 is 2.21. The van der Waals surface area contributed by atoms with Crippen molar-refractivity contribution in [2.24, 2.45) is 0 Å².